The molecule has 3 fully saturated rings. The molecule has 2 saturated carbocycles. The van der Waals surface area contributed by atoms with Gasteiger partial charge in [-0.2, -0.15) is 0 Å². The highest BCUT2D eigenvalue weighted by molar-refractivity contribution is 5.79. The minimum absolute atomic E-state index is 0.284. The number of methoxy groups -OCH3 is 1. The Morgan fingerprint density at radius 3 is 2.57 bits per heavy atom. The molecule has 1 aromatic rings. The van der Waals surface area contributed by atoms with Gasteiger partial charge in [-0.3, -0.25) is 4.79 Å². The van der Waals surface area contributed by atoms with Gasteiger partial charge in [-0.1, -0.05) is 12.1 Å². The zero-order valence-corrected chi connectivity index (χ0v) is 17.4. The summed E-state index contributed by atoms with van der Waals surface area (Å²) < 4.78 is 5.31. The molecule has 3 aliphatic rings. The van der Waals surface area contributed by atoms with Gasteiger partial charge in [0, 0.05) is 25.0 Å². The van der Waals surface area contributed by atoms with E-state index in [4.69, 9.17) is 4.74 Å². The molecule has 0 radical (unpaired) electrons. The van der Waals surface area contributed by atoms with Crippen LogP contribution < -0.4 is 10.1 Å². The van der Waals surface area contributed by atoms with Gasteiger partial charge < -0.3 is 15.0 Å². The maximum absolute atomic E-state index is 12.6. The molecule has 2 aliphatic carbocycles. The van der Waals surface area contributed by atoms with Gasteiger partial charge in [0.2, 0.25) is 5.91 Å². The number of nitrogens with one attached hydrogen (secondary N) is 1. The van der Waals surface area contributed by atoms with E-state index in [1.54, 1.807) is 7.11 Å². The van der Waals surface area contributed by atoms with Crippen molar-refractivity contribution in [2.45, 2.75) is 70.3 Å². The third-order valence-electron chi connectivity index (χ3n) is 7.38. The zero-order chi connectivity index (χ0) is 19.4. The normalized spacial score (nSPS) is 22.9. The van der Waals surface area contributed by atoms with Crippen LogP contribution in [0.5, 0.6) is 5.75 Å². The van der Waals surface area contributed by atoms with Crippen molar-refractivity contribution < 1.29 is 9.53 Å². The average molecular weight is 385 g/mol. The predicted molar refractivity (Wildman–Crippen MR) is 113 cm³/mol. The Labute approximate surface area is 170 Å². The molecular formula is C24H36N2O2. The molecule has 0 bridgehead atoms. The van der Waals surface area contributed by atoms with Crippen LogP contribution in [-0.4, -0.2) is 43.6 Å². The summed E-state index contributed by atoms with van der Waals surface area (Å²) in [6.45, 7) is 3.36. The number of aryl methyl sites for hydroxylation is 1. The van der Waals surface area contributed by atoms with Crippen LogP contribution in [0.15, 0.2) is 24.3 Å². The molecule has 0 unspecified atom stereocenters. The van der Waals surface area contributed by atoms with Gasteiger partial charge >= 0.3 is 0 Å². The van der Waals surface area contributed by atoms with Crippen LogP contribution in [0.2, 0.25) is 0 Å². The van der Waals surface area contributed by atoms with Gasteiger partial charge in [0.15, 0.2) is 0 Å². The molecule has 0 aromatic heterocycles. The number of nitrogens with zero attached hydrogens (tertiary/aromatic N) is 1. The van der Waals surface area contributed by atoms with E-state index in [0.717, 1.165) is 57.5 Å². The van der Waals surface area contributed by atoms with E-state index in [9.17, 15) is 4.79 Å². The lowest BCUT2D eigenvalue weighted by molar-refractivity contribution is -0.127. The van der Waals surface area contributed by atoms with Gasteiger partial charge in [0.05, 0.1) is 7.11 Å². The SMILES string of the molecule is COc1cccc(CCCN2CCC(NC(=O)C3CCC4(CC3)CC4)CC2)c1. The van der Waals surface area contributed by atoms with Gasteiger partial charge in [-0.25, -0.2) is 0 Å². The summed E-state index contributed by atoms with van der Waals surface area (Å²) in [7, 11) is 1.72. The lowest BCUT2D eigenvalue weighted by Gasteiger charge is -2.34. The van der Waals surface area contributed by atoms with Crippen molar-refractivity contribution in [3.8, 4) is 5.75 Å². The summed E-state index contributed by atoms with van der Waals surface area (Å²) >= 11 is 0. The van der Waals surface area contributed by atoms with Gasteiger partial charge in [-0.15, -0.1) is 0 Å². The maximum atomic E-state index is 12.6. The van der Waals surface area contributed by atoms with Crippen molar-refractivity contribution in [2.75, 3.05) is 26.7 Å². The molecule has 4 heteroatoms. The van der Waals surface area contributed by atoms with Crippen molar-refractivity contribution in [1.29, 1.82) is 0 Å². The number of hydrogen-bond acceptors (Lipinski definition) is 3. The molecule has 154 valence electrons. The molecule has 1 spiro atoms. The smallest absolute Gasteiger partial charge is 0.223 e. The second kappa shape index (κ2) is 8.86. The van der Waals surface area contributed by atoms with Crippen LogP contribution >= 0.6 is 0 Å². The van der Waals surface area contributed by atoms with Crippen molar-refractivity contribution >= 4 is 5.91 Å². The summed E-state index contributed by atoms with van der Waals surface area (Å²) in [4.78, 5) is 15.2. The van der Waals surface area contributed by atoms with Crippen LogP contribution in [0.3, 0.4) is 0 Å². The summed E-state index contributed by atoms with van der Waals surface area (Å²) in [6.07, 6.45) is 12.1. The number of likely N-dealkylation sites (tertiary alicyclic amines) is 1. The summed E-state index contributed by atoms with van der Waals surface area (Å²) in [5, 5.41) is 3.37. The highest BCUT2D eigenvalue weighted by atomic mass is 16.5. The number of piperidine rings is 1. The van der Waals surface area contributed by atoms with Crippen molar-refractivity contribution in [1.82, 2.24) is 10.2 Å². The number of ether oxygens (including phenoxy) is 1. The van der Waals surface area contributed by atoms with Crippen molar-refractivity contribution in [3.63, 3.8) is 0 Å². The first-order chi connectivity index (χ1) is 13.7. The van der Waals surface area contributed by atoms with E-state index < -0.39 is 0 Å². The van der Waals surface area contributed by atoms with Crippen molar-refractivity contribution in [3.05, 3.63) is 29.8 Å². The quantitative estimate of drug-likeness (QED) is 0.767. The fourth-order valence-corrected chi connectivity index (χ4v) is 5.12. The fourth-order valence-electron chi connectivity index (χ4n) is 5.12. The van der Waals surface area contributed by atoms with Gasteiger partial charge in [-0.05, 0) is 93.9 Å². The Morgan fingerprint density at radius 1 is 1.14 bits per heavy atom. The van der Waals surface area contributed by atoms with Crippen LogP contribution in [0.25, 0.3) is 0 Å². The number of carbonyl (C=O) groups is 1. The first kappa shape index (κ1) is 19.8. The van der Waals surface area contributed by atoms with E-state index in [1.165, 1.54) is 37.7 Å². The van der Waals surface area contributed by atoms with Crippen LogP contribution in [0.4, 0.5) is 0 Å². The van der Waals surface area contributed by atoms with E-state index in [-0.39, 0.29) is 5.92 Å². The number of amides is 1. The predicted octanol–water partition coefficient (Wildman–Crippen LogP) is 4.18. The summed E-state index contributed by atoms with van der Waals surface area (Å²) in [6, 6.07) is 8.77. The number of benzene rings is 1. The zero-order valence-electron chi connectivity index (χ0n) is 17.4. The Bertz CT molecular complexity index is 652. The largest absolute Gasteiger partial charge is 0.497 e. The molecule has 4 nitrogen and oxygen atoms in total. The van der Waals surface area contributed by atoms with Gasteiger partial charge in [0.1, 0.15) is 5.75 Å². The van der Waals surface area contributed by atoms with Crippen LogP contribution in [0.1, 0.15) is 63.4 Å². The highest BCUT2D eigenvalue weighted by Gasteiger charge is 2.45. The van der Waals surface area contributed by atoms with E-state index in [2.05, 4.69) is 28.4 Å². The van der Waals surface area contributed by atoms with Crippen LogP contribution in [-0.2, 0) is 11.2 Å². The molecule has 1 amide bonds. The standard InChI is InChI=1S/C24H36N2O2/c1-28-22-6-2-4-19(18-22)5-3-15-26-16-9-21(10-17-26)25-23(27)20-7-11-24(12-8-20)13-14-24/h2,4,6,18,20-21H,3,5,7-17H2,1H3,(H,25,27). The fraction of sp³-hybridized carbons (Fsp3) is 0.708. The minimum atomic E-state index is 0.284. The van der Waals surface area contributed by atoms with E-state index in [0.29, 0.717) is 17.4 Å². The monoisotopic (exact) mass is 384 g/mol. The maximum Gasteiger partial charge on any atom is 0.223 e. The topological polar surface area (TPSA) is 41.6 Å². The summed E-state index contributed by atoms with van der Waals surface area (Å²) in [5.74, 6) is 1.57. The first-order valence-corrected chi connectivity index (χ1v) is 11.3. The second-order valence-corrected chi connectivity index (χ2v) is 9.35. The lowest BCUT2D eigenvalue weighted by atomic mass is 9.79. The second-order valence-electron chi connectivity index (χ2n) is 9.35. The third kappa shape index (κ3) is 5.08. The molecule has 0 atom stereocenters. The molecule has 4 rings (SSSR count). The Morgan fingerprint density at radius 2 is 1.89 bits per heavy atom. The molecule has 1 heterocycles. The number of rotatable bonds is 7. The number of hydrogen-bond donors (Lipinski definition) is 1. The Kier molecular flexibility index (Phi) is 6.25. The first-order valence-electron chi connectivity index (χ1n) is 11.3. The van der Waals surface area contributed by atoms with E-state index >= 15 is 0 Å². The minimum Gasteiger partial charge on any atom is -0.497 e. The van der Waals surface area contributed by atoms with Crippen molar-refractivity contribution in [2.24, 2.45) is 11.3 Å². The van der Waals surface area contributed by atoms with E-state index in [1.807, 2.05) is 6.07 Å². The lowest BCUT2D eigenvalue weighted by Crippen LogP contribution is -2.47. The van der Waals surface area contributed by atoms with Crippen LogP contribution in [0, 0.1) is 11.3 Å². The molecule has 1 aromatic carbocycles. The molecule has 28 heavy (non-hydrogen) atoms. The molecule has 1 N–H and O–H groups in total. The average Bonchev–Trinajstić information content (AvgIpc) is 3.48. The molecular weight excluding hydrogens is 348 g/mol. The Balaban J connectivity index is 1.12. The molecule has 1 saturated heterocycles. The molecule has 1 aliphatic heterocycles. The summed E-state index contributed by atoms with van der Waals surface area (Å²) in [5.41, 5.74) is 2.02. The van der Waals surface area contributed by atoms with Gasteiger partial charge in [0.25, 0.3) is 0 Å². The Hall–Kier alpha value is -1.55. The highest BCUT2D eigenvalue weighted by Crippen LogP contribution is 2.57. The third-order valence-corrected chi connectivity index (χ3v) is 7.38. The number of carbonyl (C=O) groups excluding carboxylic acids is 1.